The fourth-order valence-electron chi connectivity index (χ4n) is 1.09. The minimum absolute atomic E-state index is 0.0713. The van der Waals surface area contributed by atoms with E-state index in [-0.39, 0.29) is 23.0 Å². The maximum Gasteiger partial charge on any atom is 0.305 e. The predicted molar refractivity (Wildman–Crippen MR) is 45.9 cm³/mol. The number of hydrogen-bond donors (Lipinski definition) is 1. The van der Waals surface area contributed by atoms with Crippen LogP contribution in [0.3, 0.4) is 0 Å². The van der Waals surface area contributed by atoms with E-state index >= 15 is 0 Å². The lowest BCUT2D eigenvalue weighted by Crippen LogP contribution is -2.29. The van der Waals surface area contributed by atoms with E-state index in [0.29, 0.717) is 0 Å². The van der Waals surface area contributed by atoms with Gasteiger partial charge in [0.15, 0.2) is 0 Å². The van der Waals surface area contributed by atoms with Gasteiger partial charge in [-0.2, -0.15) is 0 Å². The minimum Gasteiger partial charge on any atom is -0.481 e. The molecule has 1 saturated heterocycles. The molecule has 1 fully saturated rings. The number of nitrogens with zero attached hydrogens (tertiary/aromatic N) is 1. The van der Waals surface area contributed by atoms with Crippen molar-refractivity contribution in [3.63, 3.8) is 0 Å². The number of aliphatic carboxylic acids is 1. The van der Waals surface area contributed by atoms with Crippen molar-refractivity contribution in [2.75, 3.05) is 7.05 Å². The summed E-state index contributed by atoms with van der Waals surface area (Å²) in [7, 11) is 1.70. The second-order valence-corrected chi connectivity index (χ2v) is 4.29. The normalized spacial score (nSPS) is 29.5. The first-order chi connectivity index (χ1) is 5.52. The number of amides is 1. The smallest absolute Gasteiger partial charge is 0.305 e. The summed E-state index contributed by atoms with van der Waals surface area (Å²) in [5.41, 5.74) is 0. The van der Waals surface area contributed by atoms with Crippen LogP contribution in [0.2, 0.25) is 0 Å². The van der Waals surface area contributed by atoms with Gasteiger partial charge >= 0.3 is 5.97 Å². The van der Waals surface area contributed by atoms with Crippen molar-refractivity contribution in [3.05, 3.63) is 0 Å². The highest BCUT2D eigenvalue weighted by atomic mass is 32.2. The fourth-order valence-corrected chi connectivity index (χ4v) is 2.37. The molecule has 1 heterocycles. The number of rotatable bonds is 2. The SMILES string of the molecule is CC1SC(CC(=O)O)C(=O)N1C. The fraction of sp³-hybridized carbons (Fsp3) is 0.714. The molecule has 1 aliphatic rings. The van der Waals surface area contributed by atoms with Crippen LogP contribution in [-0.4, -0.2) is 39.6 Å². The quantitative estimate of drug-likeness (QED) is 0.682. The zero-order valence-corrected chi connectivity index (χ0v) is 7.80. The van der Waals surface area contributed by atoms with Crippen LogP contribution in [0.1, 0.15) is 13.3 Å². The van der Waals surface area contributed by atoms with E-state index < -0.39 is 5.97 Å². The molecule has 1 aliphatic heterocycles. The summed E-state index contributed by atoms with van der Waals surface area (Å²) in [5, 5.41) is 8.19. The first-order valence-corrected chi connectivity index (χ1v) is 4.60. The Morgan fingerprint density at radius 2 is 2.33 bits per heavy atom. The summed E-state index contributed by atoms with van der Waals surface area (Å²) in [5.74, 6) is -0.988. The Hall–Kier alpha value is -0.710. The van der Waals surface area contributed by atoms with Crippen LogP contribution in [0.4, 0.5) is 0 Å². The molecule has 0 aromatic carbocycles. The van der Waals surface area contributed by atoms with Crippen LogP contribution < -0.4 is 0 Å². The lowest BCUT2D eigenvalue weighted by molar-refractivity contribution is -0.139. The standard InChI is InChI=1S/C7H11NO3S/c1-4-8(2)7(11)5(12-4)3-6(9)10/h4-5H,3H2,1-2H3,(H,9,10). The molecule has 0 bridgehead atoms. The molecule has 0 aliphatic carbocycles. The van der Waals surface area contributed by atoms with Crippen LogP contribution in [0.25, 0.3) is 0 Å². The molecule has 0 saturated carbocycles. The molecular weight excluding hydrogens is 178 g/mol. The number of carbonyl (C=O) groups excluding carboxylic acids is 1. The largest absolute Gasteiger partial charge is 0.481 e. The number of carboxylic acid groups (broad SMARTS) is 1. The number of carbonyl (C=O) groups is 2. The molecule has 0 radical (unpaired) electrons. The van der Waals surface area contributed by atoms with Gasteiger partial charge in [-0.05, 0) is 6.92 Å². The van der Waals surface area contributed by atoms with Gasteiger partial charge < -0.3 is 10.0 Å². The molecule has 4 nitrogen and oxygen atoms in total. The molecular formula is C7H11NO3S. The highest BCUT2D eigenvalue weighted by Gasteiger charge is 2.36. The van der Waals surface area contributed by atoms with E-state index in [4.69, 9.17) is 5.11 Å². The molecule has 0 spiro atoms. The highest BCUT2D eigenvalue weighted by molar-refractivity contribution is 8.01. The minimum atomic E-state index is -0.914. The van der Waals surface area contributed by atoms with E-state index in [2.05, 4.69) is 0 Å². The Morgan fingerprint density at radius 3 is 2.67 bits per heavy atom. The van der Waals surface area contributed by atoms with Crippen LogP contribution in [0, 0.1) is 0 Å². The topological polar surface area (TPSA) is 57.6 Å². The Bertz CT molecular complexity index is 219. The van der Waals surface area contributed by atoms with E-state index in [0.717, 1.165) is 0 Å². The van der Waals surface area contributed by atoms with Crippen molar-refractivity contribution in [3.8, 4) is 0 Å². The average Bonchev–Trinajstić information content (AvgIpc) is 2.17. The second kappa shape index (κ2) is 3.35. The van der Waals surface area contributed by atoms with Gasteiger partial charge in [-0.15, -0.1) is 11.8 Å². The first kappa shape index (κ1) is 9.38. The van der Waals surface area contributed by atoms with Crippen LogP contribution in [0.5, 0.6) is 0 Å². The van der Waals surface area contributed by atoms with Crippen LogP contribution >= 0.6 is 11.8 Å². The average molecular weight is 189 g/mol. The van der Waals surface area contributed by atoms with Gasteiger partial charge in [0.1, 0.15) is 0 Å². The third-order valence-electron chi connectivity index (χ3n) is 1.89. The zero-order valence-electron chi connectivity index (χ0n) is 6.98. The molecule has 5 heteroatoms. The number of hydrogen-bond acceptors (Lipinski definition) is 3. The zero-order chi connectivity index (χ0) is 9.30. The van der Waals surface area contributed by atoms with Crippen LogP contribution in [0.15, 0.2) is 0 Å². The summed E-state index contributed by atoms with van der Waals surface area (Å²) < 4.78 is 0. The lowest BCUT2D eigenvalue weighted by atomic mass is 10.3. The van der Waals surface area contributed by atoms with Crippen molar-refractivity contribution in [1.29, 1.82) is 0 Å². The maximum atomic E-state index is 11.3. The molecule has 0 aromatic rings. The Kier molecular flexibility index (Phi) is 2.62. The Morgan fingerprint density at radius 1 is 1.75 bits per heavy atom. The van der Waals surface area contributed by atoms with Gasteiger partial charge in [0.2, 0.25) is 5.91 Å². The van der Waals surface area contributed by atoms with Gasteiger partial charge in [-0.3, -0.25) is 9.59 Å². The van der Waals surface area contributed by atoms with E-state index in [1.54, 1.807) is 11.9 Å². The van der Waals surface area contributed by atoms with Gasteiger partial charge in [0.05, 0.1) is 17.0 Å². The summed E-state index contributed by atoms with van der Waals surface area (Å²) >= 11 is 1.41. The molecule has 1 N–H and O–H groups in total. The molecule has 1 rings (SSSR count). The summed E-state index contributed by atoms with van der Waals surface area (Å²) in [6, 6.07) is 0. The van der Waals surface area contributed by atoms with Gasteiger partial charge in [-0.1, -0.05) is 0 Å². The van der Waals surface area contributed by atoms with E-state index in [9.17, 15) is 9.59 Å². The molecule has 12 heavy (non-hydrogen) atoms. The van der Waals surface area contributed by atoms with Crippen molar-refractivity contribution < 1.29 is 14.7 Å². The van der Waals surface area contributed by atoms with Crippen molar-refractivity contribution >= 4 is 23.6 Å². The molecule has 0 aromatic heterocycles. The monoisotopic (exact) mass is 189 g/mol. The highest BCUT2D eigenvalue weighted by Crippen LogP contribution is 2.31. The lowest BCUT2D eigenvalue weighted by Gasteiger charge is -2.12. The number of carboxylic acids is 1. The maximum absolute atomic E-state index is 11.3. The first-order valence-electron chi connectivity index (χ1n) is 3.66. The number of thioether (sulfide) groups is 1. The van der Waals surface area contributed by atoms with Gasteiger partial charge in [-0.25, -0.2) is 0 Å². The van der Waals surface area contributed by atoms with Gasteiger partial charge in [0.25, 0.3) is 0 Å². The third kappa shape index (κ3) is 1.72. The second-order valence-electron chi connectivity index (χ2n) is 2.77. The Balaban J connectivity index is 2.59. The molecule has 2 unspecified atom stereocenters. The summed E-state index contributed by atoms with van der Waals surface area (Å²) in [6.07, 6.45) is -0.0713. The molecule has 1 amide bonds. The van der Waals surface area contributed by atoms with Crippen molar-refractivity contribution in [1.82, 2.24) is 4.90 Å². The van der Waals surface area contributed by atoms with Gasteiger partial charge in [0, 0.05) is 7.05 Å². The third-order valence-corrected chi connectivity index (χ3v) is 3.30. The Labute approximate surface area is 74.9 Å². The van der Waals surface area contributed by atoms with E-state index in [1.807, 2.05) is 6.92 Å². The predicted octanol–water partition coefficient (Wildman–Crippen LogP) is 0.381. The molecule has 68 valence electrons. The van der Waals surface area contributed by atoms with Crippen molar-refractivity contribution in [2.24, 2.45) is 0 Å². The summed E-state index contributed by atoms with van der Waals surface area (Å²) in [6.45, 7) is 1.89. The summed E-state index contributed by atoms with van der Waals surface area (Å²) in [4.78, 5) is 23.2. The van der Waals surface area contributed by atoms with E-state index in [1.165, 1.54) is 11.8 Å². The van der Waals surface area contributed by atoms with Crippen molar-refractivity contribution in [2.45, 2.75) is 24.0 Å². The molecule has 2 atom stereocenters. The van der Waals surface area contributed by atoms with Crippen LogP contribution in [-0.2, 0) is 9.59 Å².